The molecule has 1 aromatic rings. The first-order valence-electron chi connectivity index (χ1n) is 10.5. The quantitative estimate of drug-likeness (QED) is 0.541. The Labute approximate surface area is 176 Å². The third-order valence-corrected chi connectivity index (χ3v) is 5.38. The Morgan fingerprint density at radius 2 is 1.77 bits per heavy atom. The average molecular weight is 415 g/mol. The van der Waals surface area contributed by atoms with Gasteiger partial charge in [0.2, 0.25) is 12.3 Å². The molecule has 8 heteroatoms. The summed E-state index contributed by atoms with van der Waals surface area (Å²) < 4.78 is 0. The van der Waals surface area contributed by atoms with Gasteiger partial charge in [-0.3, -0.25) is 29.4 Å². The van der Waals surface area contributed by atoms with E-state index in [0.29, 0.717) is 19.5 Å². The average Bonchev–Trinajstić information content (AvgIpc) is 3.03. The van der Waals surface area contributed by atoms with E-state index in [-0.39, 0.29) is 29.9 Å². The fraction of sp³-hybridized carbons (Fsp3) is 0.500. The van der Waals surface area contributed by atoms with Gasteiger partial charge in [0.25, 0.3) is 11.8 Å². The number of hydrogen-bond acceptors (Lipinski definition) is 6. The first kappa shape index (κ1) is 23.3. The van der Waals surface area contributed by atoms with Gasteiger partial charge >= 0.3 is 0 Å². The van der Waals surface area contributed by atoms with Crippen molar-refractivity contribution in [3.8, 4) is 0 Å². The maximum atomic E-state index is 12.9. The van der Waals surface area contributed by atoms with E-state index in [0.717, 1.165) is 29.7 Å². The van der Waals surface area contributed by atoms with Crippen LogP contribution in [0.15, 0.2) is 18.2 Å². The third-order valence-electron chi connectivity index (χ3n) is 5.38. The summed E-state index contributed by atoms with van der Waals surface area (Å²) in [6.07, 6.45) is 3.59. The van der Waals surface area contributed by atoms with Crippen molar-refractivity contribution in [2.75, 3.05) is 18.0 Å². The zero-order chi connectivity index (χ0) is 22.3. The molecule has 1 N–H and O–H groups in total. The van der Waals surface area contributed by atoms with Crippen LogP contribution >= 0.6 is 0 Å². The molecule has 0 aromatic heterocycles. The first-order valence-corrected chi connectivity index (χ1v) is 10.5. The lowest BCUT2D eigenvalue weighted by Crippen LogP contribution is -2.49. The SMILES string of the molecule is CC.CCCC(C(=O)NC=O)N1C(=O)c2ccc(N3CCC(C=O)CC3)cc2C1=O. The molecule has 2 aliphatic heterocycles. The van der Waals surface area contributed by atoms with Gasteiger partial charge in [0.1, 0.15) is 12.3 Å². The molecule has 30 heavy (non-hydrogen) atoms. The number of carbonyl (C=O) groups is 5. The standard InChI is InChI=1S/C20H23N3O5.C2H6/c1-2-3-17(18(26)21-12-25)23-19(27)15-5-4-14(10-16(15)20(23)28)22-8-6-13(11-24)7-9-22;1-2/h4-5,10-13,17H,2-3,6-9H2,1H3,(H,21,25,26);1-2H3. The molecule has 8 nitrogen and oxygen atoms in total. The van der Waals surface area contributed by atoms with E-state index in [1.165, 1.54) is 0 Å². The summed E-state index contributed by atoms with van der Waals surface area (Å²) >= 11 is 0. The maximum Gasteiger partial charge on any atom is 0.262 e. The summed E-state index contributed by atoms with van der Waals surface area (Å²) in [6.45, 7) is 7.24. The van der Waals surface area contributed by atoms with Gasteiger partial charge in [-0.05, 0) is 37.5 Å². The zero-order valence-corrected chi connectivity index (χ0v) is 17.7. The number of nitrogens with one attached hydrogen (secondary N) is 1. The molecule has 0 spiro atoms. The summed E-state index contributed by atoms with van der Waals surface area (Å²) in [6, 6.07) is 4.05. The smallest absolute Gasteiger partial charge is 0.262 e. The molecule has 0 aliphatic carbocycles. The van der Waals surface area contributed by atoms with Crippen molar-refractivity contribution in [1.82, 2.24) is 10.2 Å². The van der Waals surface area contributed by atoms with Crippen LogP contribution in [0.25, 0.3) is 0 Å². The molecule has 3 rings (SSSR count). The minimum Gasteiger partial charge on any atom is -0.371 e. The Morgan fingerprint density at radius 1 is 1.13 bits per heavy atom. The molecule has 2 aliphatic rings. The number of amides is 4. The lowest BCUT2D eigenvalue weighted by Gasteiger charge is -2.31. The lowest BCUT2D eigenvalue weighted by atomic mass is 9.97. The van der Waals surface area contributed by atoms with Crippen LogP contribution in [0, 0.1) is 5.92 Å². The number of anilines is 1. The normalized spacial score (nSPS) is 17.0. The van der Waals surface area contributed by atoms with Crippen LogP contribution < -0.4 is 10.2 Å². The zero-order valence-electron chi connectivity index (χ0n) is 17.7. The molecule has 4 amide bonds. The van der Waals surface area contributed by atoms with Crippen molar-refractivity contribution in [2.45, 2.75) is 52.5 Å². The second-order valence-electron chi connectivity index (χ2n) is 7.10. The summed E-state index contributed by atoms with van der Waals surface area (Å²) in [5, 5.41) is 2.05. The predicted octanol–water partition coefficient (Wildman–Crippen LogP) is 2.17. The Bertz CT molecular complexity index is 815. The highest BCUT2D eigenvalue weighted by molar-refractivity contribution is 6.23. The van der Waals surface area contributed by atoms with Gasteiger partial charge < -0.3 is 9.69 Å². The van der Waals surface area contributed by atoms with E-state index < -0.39 is 23.8 Å². The molecule has 0 bridgehead atoms. The molecule has 2 heterocycles. The monoisotopic (exact) mass is 415 g/mol. The first-order chi connectivity index (χ1) is 14.5. The third kappa shape index (κ3) is 4.58. The van der Waals surface area contributed by atoms with Gasteiger partial charge in [0.05, 0.1) is 11.1 Å². The van der Waals surface area contributed by atoms with Crippen molar-refractivity contribution in [2.24, 2.45) is 5.92 Å². The lowest BCUT2D eigenvalue weighted by molar-refractivity contribution is -0.128. The van der Waals surface area contributed by atoms with Crippen molar-refractivity contribution < 1.29 is 24.0 Å². The molecule has 1 unspecified atom stereocenters. The van der Waals surface area contributed by atoms with Crippen LogP contribution in [0.1, 0.15) is 67.2 Å². The molecule has 1 fully saturated rings. The van der Waals surface area contributed by atoms with Gasteiger partial charge in [-0.2, -0.15) is 0 Å². The van der Waals surface area contributed by atoms with Gasteiger partial charge in [-0.1, -0.05) is 27.2 Å². The van der Waals surface area contributed by atoms with E-state index >= 15 is 0 Å². The Kier molecular flexibility index (Phi) is 8.26. The van der Waals surface area contributed by atoms with Gasteiger partial charge in [0, 0.05) is 24.7 Å². The second kappa shape index (κ2) is 10.7. The fourth-order valence-electron chi connectivity index (χ4n) is 3.83. The maximum absolute atomic E-state index is 12.9. The largest absolute Gasteiger partial charge is 0.371 e. The number of fused-ring (bicyclic) bond motifs is 1. The van der Waals surface area contributed by atoms with Crippen LogP contribution in [-0.2, 0) is 14.4 Å². The number of hydrogen-bond donors (Lipinski definition) is 1. The van der Waals surface area contributed by atoms with Crippen LogP contribution in [0.4, 0.5) is 5.69 Å². The van der Waals surface area contributed by atoms with Crippen LogP contribution in [0.5, 0.6) is 0 Å². The van der Waals surface area contributed by atoms with E-state index in [2.05, 4.69) is 4.90 Å². The van der Waals surface area contributed by atoms with Crippen molar-refractivity contribution in [3.63, 3.8) is 0 Å². The van der Waals surface area contributed by atoms with Crippen molar-refractivity contribution in [1.29, 1.82) is 0 Å². The van der Waals surface area contributed by atoms with E-state index in [9.17, 15) is 24.0 Å². The molecule has 1 atom stereocenters. The van der Waals surface area contributed by atoms with Crippen molar-refractivity contribution in [3.05, 3.63) is 29.3 Å². The number of aldehydes is 1. The number of imide groups is 2. The minimum absolute atomic E-state index is 0.0653. The molecular weight excluding hydrogens is 386 g/mol. The van der Waals surface area contributed by atoms with Crippen molar-refractivity contribution >= 4 is 36.1 Å². The number of rotatable bonds is 7. The highest BCUT2D eigenvalue weighted by Crippen LogP contribution is 2.31. The fourth-order valence-corrected chi connectivity index (χ4v) is 3.83. The topological polar surface area (TPSA) is 104 Å². The number of carbonyl (C=O) groups excluding carboxylic acids is 5. The van der Waals surface area contributed by atoms with E-state index in [1.54, 1.807) is 18.2 Å². The molecular formula is C22H29N3O5. The highest BCUT2D eigenvalue weighted by Gasteiger charge is 2.42. The molecule has 0 saturated carbocycles. The summed E-state index contributed by atoms with van der Waals surface area (Å²) in [5.41, 5.74) is 1.34. The van der Waals surface area contributed by atoms with Gasteiger partial charge in [-0.15, -0.1) is 0 Å². The van der Waals surface area contributed by atoms with Crippen LogP contribution in [0.2, 0.25) is 0 Å². The summed E-state index contributed by atoms with van der Waals surface area (Å²) in [4.78, 5) is 62.5. The van der Waals surface area contributed by atoms with E-state index in [4.69, 9.17) is 0 Å². The Morgan fingerprint density at radius 3 is 2.33 bits per heavy atom. The molecule has 1 aromatic carbocycles. The van der Waals surface area contributed by atoms with Crippen LogP contribution in [-0.4, -0.2) is 54.4 Å². The summed E-state index contributed by atoms with van der Waals surface area (Å²) in [5.74, 6) is -1.65. The molecule has 1 saturated heterocycles. The minimum atomic E-state index is -1.02. The number of piperidine rings is 1. The van der Waals surface area contributed by atoms with E-state index in [1.807, 2.05) is 26.1 Å². The number of benzene rings is 1. The van der Waals surface area contributed by atoms with Gasteiger partial charge in [0.15, 0.2) is 0 Å². The number of nitrogens with zero attached hydrogens (tertiary/aromatic N) is 2. The van der Waals surface area contributed by atoms with Gasteiger partial charge in [-0.25, -0.2) is 0 Å². The molecule has 0 radical (unpaired) electrons. The predicted molar refractivity (Wildman–Crippen MR) is 112 cm³/mol. The second-order valence-corrected chi connectivity index (χ2v) is 7.10. The molecule has 162 valence electrons. The van der Waals surface area contributed by atoms with Crippen LogP contribution in [0.3, 0.4) is 0 Å². The Hall–Kier alpha value is -3.03. The Balaban J connectivity index is 0.00000155. The highest BCUT2D eigenvalue weighted by atomic mass is 16.2. The summed E-state index contributed by atoms with van der Waals surface area (Å²) in [7, 11) is 0.